The summed E-state index contributed by atoms with van der Waals surface area (Å²) in [7, 11) is -2.36. The number of carbonyl (C=O) groups is 4. The highest BCUT2D eigenvalue weighted by atomic mass is 32.2. The fourth-order valence-corrected chi connectivity index (χ4v) is 11.8. The number of benzene rings is 1. The van der Waals surface area contributed by atoms with Crippen molar-refractivity contribution in [2.75, 3.05) is 26.7 Å². The molecule has 2 saturated heterocycles. The van der Waals surface area contributed by atoms with Crippen LogP contribution in [0.1, 0.15) is 109 Å². The second-order valence-corrected chi connectivity index (χ2v) is 21.4. The number of fused-ring (bicyclic) bond motifs is 3. The van der Waals surface area contributed by atoms with Crippen molar-refractivity contribution in [3.8, 4) is 22.2 Å². The second kappa shape index (κ2) is 18.4. The molecule has 0 bridgehead atoms. The molecule has 0 unspecified atom stereocenters. The zero-order chi connectivity index (χ0) is 45.6. The van der Waals surface area contributed by atoms with E-state index in [0.29, 0.717) is 65.2 Å². The van der Waals surface area contributed by atoms with Gasteiger partial charge in [0.25, 0.3) is 0 Å². The molecule has 0 radical (unpaired) electrons. The van der Waals surface area contributed by atoms with E-state index in [1.165, 1.54) is 21.1 Å². The van der Waals surface area contributed by atoms with Gasteiger partial charge >= 0.3 is 6.18 Å². The van der Waals surface area contributed by atoms with Crippen LogP contribution in [0.15, 0.2) is 41.8 Å². The van der Waals surface area contributed by atoms with Crippen LogP contribution in [0, 0.1) is 23.2 Å². The Balaban J connectivity index is 1.11. The summed E-state index contributed by atoms with van der Waals surface area (Å²) in [6.07, 6.45) is 2.15. The van der Waals surface area contributed by atoms with E-state index in [1.807, 2.05) is 23.6 Å². The predicted molar refractivity (Wildman–Crippen MR) is 234 cm³/mol. The Bertz CT molecular complexity index is 2410. The van der Waals surface area contributed by atoms with E-state index < -0.39 is 74.4 Å². The average Bonchev–Trinajstić information content (AvgIpc) is 4.13. The summed E-state index contributed by atoms with van der Waals surface area (Å²) < 4.78 is 81.1. The molecule has 5 aliphatic rings. The molecule has 3 amide bonds. The van der Waals surface area contributed by atoms with Crippen LogP contribution in [0.4, 0.5) is 13.2 Å². The smallest absolute Gasteiger partial charge is 0.391 e. The quantitative estimate of drug-likeness (QED) is 0.199. The summed E-state index contributed by atoms with van der Waals surface area (Å²) in [5.41, 5.74) is 0.732. The maximum Gasteiger partial charge on any atom is 0.391 e. The molecule has 3 aliphatic heterocycles. The van der Waals surface area contributed by atoms with Crippen LogP contribution < -0.4 is 14.2 Å². The Morgan fingerprint density at radius 3 is 2.48 bits per heavy atom. The number of thiazole rings is 1. The fourth-order valence-electron chi connectivity index (χ4n) is 9.48. The minimum absolute atomic E-state index is 0.0282. The third-order valence-electron chi connectivity index (χ3n) is 13.7. The highest BCUT2D eigenvalue weighted by Crippen LogP contribution is 2.57. The number of pyridine rings is 1. The Hall–Kier alpha value is -4.58. The number of hydrogen-bond acceptors (Lipinski definition) is 11. The zero-order valence-corrected chi connectivity index (χ0v) is 38.0. The minimum Gasteiger partial charge on any atom is -0.497 e. The van der Waals surface area contributed by atoms with Gasteiger partial charge in [0.1, 0.15) is 28.3 Å². The lowest BCUT2D eigenvalue weighted by molar-refractivity contribution is -0.186. The Morgan fingerprint density at radius 1 is 1.03 bits per heavy atom. The standard InChI is InChI=1S/C46H56F3N5O8S2/c1-27(2)37-26-63-42(51-37)36-22-40(34-14-11-31(61-3)20-35(34)50-36)62-32-21-38-39(55)24-45(44(58)52-64(59,60)33-12-13-33)23-30(45)10-8-6-4-5-7-9-28(43(57)54(38)25-32)19-41(56)53-17-15-29(16-18-53)46(47,48)49/h8,10-11,14,20,22,26-30,32-33,38H,4-7,9,12-13,15-19,21,23-25H2,1-3H3,(H,52,58)/b10-8-/t28-,30-,32-,38+,45-/m1/s1. The molecule has 2 saturated carbocycles. The maximum atomic E-state index is 15.0. The molecular formula is C46H56F3N5O8S2. The van der Waals surface area contributed by atoms with E-state index >= 15 is 0 Å². The van der Waals surface area contributed by atoms with Crippen molar-refractivity contribution in [1.29, 1.82) is 0 Å². The number of alkyl halides is 3. The monoisotopic (exact) mass is 927 g/mol. The van der Waals surface area contributed by atoms with E-state index in [2.05, 4.69) is 18.6 Å². The lowest BCUT2D eigenvalue weighted by Crippen LogP contribution is -2.47. The number of aromatic nitrogens is 2. The Kier molecular flexibility index (Phi) is 13.2. The summed E-state index contributed by atoms with van der Waals surface area (Å²) in [6.45, 7) is 3.95. The first-order chi connectivity index (χ1) is 30.5. The highest BCUT2D eigenvalue weighted by Gasteiger charge is 2.61. The number of nitrogens with zero attached hydrogens (tertiary/aromatic N) is 4. The van der Waals surface area contributed by atoms with Gasteiger partial charge in [-0.3, -0.25) is 23.9 Å². The number of rotatable bonds is 10. The summed E-state index contributed by atoms with van der Waals surface area (Å²) >= 11 is 1.45. The van der Waals surface area contributed by atoms with Crippen molar-refractivity contribution >= 4 is 55.8 Å². The molecular weight excluding hydrogens is 872 g/mol. The van der Waals surface area contributed by atoms with Crippen molar-refractivity contribution in [2.24, 2.45) is 23.2 Å². The van der Waals surface area contributed by atoms with Crippen molar-refractivity contribution in [1.82, 2.24) is 24.5 Å². The predicted octanol–water partition coefficient (Wildman–Crippen LogP) is 7.74. The molecule has 0 spiro atoms. The molecule has 5 atom stereocenters. The number of carbonyl (C=O) groups excluding carboxylic acids is 4. The maximum absolute atomic E-state index is 15.0. The molecule has 18 heteroatoms. The van der Waals surface area contributed by atoms with Gasteiger partial charge in [0.2, 0.25) is 27.7 Å². The number of ketones is 1. The molecule has 13 nitrogen and oxygen atoms in total. The van der Waals surface area contributed by atoms with E-state index in [-0.39, 0.29) is 70.0 Å². The minimum atomic E-state index is -4.35. The fraction of sp³-hybridized carbons (Fsp3) is 0.609. The van der Waals surface area contributed by atoms with E-state index in [0.717, 1.165) is 18.5 Å². The lowest BCUT2D eigenvalue weighted by Gasteiger charge is -2.34. The van der Waals surface area contributed by atoms with Gasteiger partial charge in [0.05, 0.1) is 47.5 Å². The van der Waals surface area contributed by atoms with Crippen molar-refractivity contribution in [3.05, 3.63) is 47.5 Å². The number of halogens is 3. The number of hydrogen-bond donors (Lipinski definition) is 1. The molecule has 4 fully saturated rings. The molecule has 5 heterocycles. The molecule has 1 aromatic carbocycles. The molecule has 346 valence electrons. The number of Topliss-reactive ketones (excluding diaryl/α,β-unsaturated/α-hetero) is 1. The van der Waals surface area contributed by atoms with Crippen LogP contribution in [-0.4, -0.2) is 102 Å². The lowest BCUT2D eigenvalue weighted by atomic mass is 9.90. The third kappa shape index (κ3) is 9.97. The molecule has 1 N–H and O–H groups in total. The van der Waals surface area contributed by atoms with Crippen LogP contribution >= 0.6 is 11.3 Å². The van der Waals surface area contributed by atoms with Gasteiger partial charge in [0.15, 0.2) is 5.78 Å². The molecule has 2 aliphatic carbocycles. The van der Waals surface area contributed by atoms with Gasteiger partial charge in [-0.1, -0.05) is 38.8 Å². The molecule has 2 aromatic heterocycles. The first kappa shape index (κ1) is 46.0. The number of amides is 3. The number of ether oxygens (including phenoxy) is 2. The van der Waals surface area contributed by atoms with Gasteiger partial charge in [-0.15, -0.1) is 11.3 Å². The average molecular weight is 928 g/mol. The second-order valence-electron chi connectivity index (χ2n) is 18.6. The number of allylic oxidation sites excluding steroid dienone is 2. The van der Waals surface area contributed by atoms with Gasteiger partial charge < -0.3 is 19.3 Å². The molecule has 3 aromatic rings. The molecule has 8 rings (SSSR count). The largest absolute Gasteiger partial charge is 0.497 e. The van der Waals surface area contributed by atoms with E-state index in [4.69, 9.17) is 19.4 Å². The number of sulfonamides is 1. The van der Waals surface area contributed by atoms with Crippen molar-refractivity contribution < 1.29 is 50.2 Å². The van der Waals surface area contributed by atoms with Gasteiger partial charge in [0, 0.05) is 61.2 Å². The van der Waals surface area contributed by atoms with Crippen LogP contribution in [0.3, 0.4) is 0 Å². The normalized spacial score (nSPS) is 26.8. The van der Waals surface area contributed by atoms with Gasteiger partial charge in [-0.05, 0) is 75.3 Å². The number of likely N-dealkylation sites (tertiary alicyclic amines) is 1. The van der Waals surface area contributed by atoms with Crippen molar-refractivity contribution in [2.45, 2.75) is 127 Å². The van der Waals surface area contributed by atoms with Crippen LogP contribution in [0.2, 0.25) is 0 Å². The summed E-state index contributed by atoms with van der Waals surface area (Å²) in [4.78, 5) is 70.1. The van der Waals surface area contributed by atoms with E-state index in [1.54, 1.807) is 25.3 Å². The summed E-state index contributed by atoms with van der Waals surface area (Å²) in [5, 5.41) is 2.68. The van der Waals surface area contributed by atoms with Crippen LogP contribution in [0.5, 0.6) is 11.5 Å². The van der Waals surface area contributed by atoms with Crippen LogP contribution in [-0.2, 0) is 29.2 Å². The van der Waals surface area contributed by atoms with Crippen molar-refractivity contribution in [3.63, 3.8) is 0 Å². The SMILES string of the molecule is COc1ccc2c(O[C@@H]3C[C@H]4C(=O)C[C@]5(C(=O)NS(=O)(=O)C6CC6)C[C@H]5/C=C\CCCCC[C@H](CC(=O)N5CCC(C(F)(F)F)CC5)C(=O)N4C3)cc(-c3nc(C(C)C)cs3)nc2c1. The number of piperidine rings is 1. The first-order valence-corrected chi connectivity index (χ1v) is 24.9. The topological polar surface area (TPSA) is 165 Å². The van der Waals surface area contributed by atoms with Crippen LogP contribution in [0.25, 0.3) is 21.6 Å². The van der Waals surface area contributed by atoms with Gasteiger partial charge in [-0.2, -0.15) is 13.2 Å². The Morgan fingerprint density at radius 2 is 1.80 bits per heavy atom. The summed E-state index contributed by atoms with van der Waals surface area (Å²) in [6, 6.07) is 6.12. The molecule has 64 heavy (non-hydrogen) atoms. The van der Waals surface area contributed by atoms with E-state index in [9.17, 15) is 40.8 Å². The Labute approximate surface area is 375 Å². The zero-order valence-electron chi connectivity index (χ0n) is 36.4. The first-order valence-electron chi connectivity index (χ1n) is 22.5. The number of nitrogens with one attached hydrogen (secondary N) is 1. The third-order valence-corrected chi connectivity index (χ3v) is 16.4. The summed E-state index contributed by atoms with van der Waals surface area (Å²) in [5.74, 6) is -3.49. The number of methoxy groups -OCH3 is 1. The highest BCUT2D eigenvalue weighted by molar-refractivity contribution is 7.90. The van der Waals surface area contributed by atoms with Gasteiger partial charge in [-0.25, -0.2) is 18.4 Å².